The molecular formula is C28H30O4. The molecule has 0 saturated heterocycles. The van der Waals surface area contributed by atoms with Crippen molar-refractivity contribution in [3.8, 4) is 23.0 Å². The zero-order valence-electron chi connectivity index (χ0n) is 19.2. The van der Waals surface area contributed by atoms with Crippen LogP contribution < -0.4 is 18.9 Å². The molecule has 5 rings (SSSR count). The van der Waals surface area contributed by atoms with Crippen LogP contribution in [0.15, 0.2) is 60.7 Å². The van der Waals surface area contributed by atoms with Crippen LogP contribution in [0, 0.1) is 0 Å². The third kappa shape index (κ3) is 4.27. The Bertz CT molecular complexity index is 1060. The third-order valence-corrected chi connectivity index (χ3v) is 5.89. The molecule has 32 heavy (non-hydrogen) atoms. The van der Waals surface area contributed by atoms with Crippen molar-refractivity contribution in [3.05, 3.63) is 82.9 Å². The molecule has 0 saturated carbocycles. The molecule has 4 heteroatoms. The largest absolute Gasteiger partial charge is 0.485 e. The van der Waals surface area contributed by atoms with Crippen molar-refractivity contribution in [2.24, 2.45) is 0 Å². The molecule has 0 spiro atoms. The van der Waals surface area contributed by atoms with Gasteiger partial charge >= 0.3 is 0 Å². The first-order chi connectivity index (χ1) is 15.3. The van der Waals surface area contributed by atoms with Crippen molar-refractivity contribution in [1.29, 1.82) is 0 Å². The third-order valence-electron chi connectivity index (χ3n) is 5.89. The number of ether oxygens (including phenoxy) is 4. The van der Waals surface area contributed by atoms with Crippen molar-refractivity contribution < 1.29 is 18.9 Å². The van der Waals surface area contributed by atoms with Crippen LogP contribution in [0.1, 0.15) is 49.9 Å². The van der Waals surface area contributed by atoms with Crippen molar-refractivity contribution in [2.75, 3.05) is 0 Å². The number of para-hydroxylation sites is 2. The summed E-state index contributed by atoms with van der Waals surface area (Å²) in [5.41, 5.74) is 4.23. The van der Waals surface area contributed by atoms with E-state index in [2.05, 4.69) is 58.0 Å². The lowest BCUT2D eigenvalue weighted by Gasteiger charge is -2.18. The molecule has 0 unspecified atom stereocenters. The van der Waals surface area contributed by atoms with Crippen molar-refractivity contribution in [1.82, 2.24) is 0 Å². The fourth-order valence-corrected chi connectivity index (χ4v) is 4.53. The van der Waals surface area contributed by atoms with Gasteiger partial charge in [0.25, 0.3) is 0 Å². The maximum atomic E-state index is 6.14. The summed E-state index contributed by atoms with van der Waals surface area (Å²) in [6, 6.07) is 20.6. The van der Waals surface area contributed by atoms with Crippen LogP contribution in [0.3, 0.4) is 0 Å². The predicted octanol–water partition coefficient (Wildman–Crippen LogP) is 6.27. The molecule has 166 valence electrons. The second kappa shape index (κ2) is 7.77. The predicted molar refractivity (Wildman–Crippen MR) is 125 cm³/mol. The van der Waals surface area contributed by atoms with E-state index in [1.807, 2.05) is 30.3 Å². The lowest BCUT2D eigenvalue weighted by atomic mass is 10.0. The summed E-state index contributed by atoms with van der Waals surface area (Å²) < 4.78 is 24.5. The molecule has 2 heterocycles. The van der Waals surface area contributed by atoms with E-state index in [1.165, 1.54) is 11.1 Å². The van der Waals surface area contributed by atoms with Gasteiger partial charge in [-0.1, -0.05) is 42.5 Å². The van der Waals surface area contributed by atoms with Gasteiger partial charge < -0.3 is 18.9 Å². The summed E-state index contributed by atoms with van der Waals surface area (Å²) in [6.07, 6.45) is 1.80. The standard InChI is InChI=1S/C28H30O4/c1-27(2)15-21-10-6-12-23(25(21)31-27)29-17-19-8-5-9-20(14-19)18-30-24-13-7-11-22-16-28(3,4)32-26(22)24/h5-14H,15-18H2,1-4H3. The van der Waals surface area contributed by atoms with E-state index in [-0.39, 0.29) is 11.2 Å². The van der Waals surface area contributed by atoms with Crippen molar-refractivity contribution >= 4 is 0 Å². The zero-order valence-corrected chi connectivity index (χ0v) is 19.2. The quantitative estimate of drug-likeness (QED) is 0.462. The lowest BCUT2D eigenvalue weighted by molar-refractivity contribution is 0.131. The number of hydrogen-bond acceptors (Lipinski definition) is 4. The molecule has 0 atom stereocenters. The Kier molecular flexibility index (Phi) is 5.04. The van der Waals surface area contributed by atoms with E-state index in [9.17, 15) is 0 Å². The summed E-state index contributed by atoms with van der Waals surface area (Å²) in [7, 11) is 0. The average molecular weight is 431 g/mol. The van der Waals surface area contributed by atoms with Gasteiger partial charge in [0.15, 0.2) is 23.0 Å². The lowest BCUT2D eigenvalue weighted by Crippen LogP contribution is -2.24. The first-order valence-electron chi connectivity index (χ1n) is 11.2. The molecule has 0 aromatic heterocycles. The first-order valence-corrected chi connectivity index (χ1v) is 11.2. The van der Waals surface area contributed by atoms with Gasteiger partial charge in [-0.25, -0.2) is 0 Å². The van der Waals surface area contributed by atoms with Gasteiger partial charge in [0.05, 0.1) is 0 Å². The van der Waals surface area contributed by atoms with E-state index < -0.39 is 0 Å². The van der Waals surface area contributed by atoms with Gasteiger partial charge in [-0.2, -0.15) is 0 Å². The Hall–Kier alpha value is -3.14. The Morgan fingerprint density at radius 2 is 1.09 bits per heavy atom. The zero-order chi connectivity index (χ0) is 22.3. The van der Waals surface area contributed by atoms with E-state index in [4.69, 9.17) is 18.9 Å². The highest BCUT2D eigenvalue weighted by molar-refractivity contribution is 5.51. The summed E-state index contributed by atoms with van der Waals surface area (Å²) in [4.78, 5) is 0. The number of rotatable bonds is 6. The summed E-state index contributed by atoms with van der Waals surface area (Å²) in [5, 5.41) is 0. The number of fused-ring (bicyclic) bond motifs is 2. The topological polar surface area (TPSA) is 36.9 Å². The second-order valence-corrected chi connectivity index (χ2v) is 9.96. The highest BCUT2D eigenvalue weighted by Crippen LogP contribution is 2.43. The molecule has 2 aliphatic rings. The van der Waals surface area contributed by atoms with E-state index >= 15 is 0 Å². The number of benzene rings is 3. The molecule has 3 aromatic carbocycles. The highest BCUT2D eigenvalue weighted by Gasteiger charge is 2.33. The average Bonchev–Trinajstić information content (AvgIpc) is 3.24. The maximum absolute atomic E-state index is 6.14. The minimum Gasteiger partial charge on any atom is -0.485 e. The molecule has 4 nitrogen and oxygen atoms in total. The van der Waals surface area contributed by atoms with Crippen LogP contribution in [0.4, 0.5) is 0 Å². The van der Waals surface area contributed by atoms with Gasteiger partial charge in [0.1, 0.15) is 24.4 Å². The van der Waals surface area contributed by atoms with Crippen LogP contribution >= 0.6 is 0 Å². The first kappa shape index (κ1) is 20.7. The van der Waals surface area contributed by atoms with Crippen molar-refractivity contribution in [2.45, 2.75) is 65.0 Å². The van der Waals surface area contributed by atoms with Gasteiger partial charge in [0, 0.05) is 24.0 Å². The van der Waals surface area contributed by atoms with Gasteiger partial charge in [-0.3, -0.25) is 0 Å². The SMILES string of the molecule is CC1(C)Cc2cccc(OCc3cccc(COc4cccc5c4OC(C)(C)C5)c3)c2O1. The number of hydrogen-bond donors (Lipinski definition) is 0. The fraction of sp³-hybridized carbons (Fsp3) is 0.357. The molecular weight excluding hydrogens is 400 g/mol. The van der Waals surface area contributed by atoms with Crippen LogP contribution in [0.2, 0.25) is 0 Å². The fourth-order valence-electron chi connectivity index (χ4n) is 4.53. The van der Waals surface area contributed by atoms with E-state index in [1.54, 1.807) is 0 Å². The summed E-state index contributed by atoms with van der Waals surface area (Å²) in [5.74, 6) is 3.35. The molecule has 0 bridgehead atoms. The smallest absolute Gasteiger partial charge is 0.165 e. The van der Waals surface area contributed by atoms with Gasteiger partial charge in [-0.05, 0) is 57.0 Å². The summed E-state index contributed by atoms with van der Waals surface area (Å²) >= 11 is 0. The molecule has 0 N–H and O–H groups in total. The summed E-state index contributed by atoms with van der Waals surface area (Å²) in [6.45, 7) is 9.38. The van der Waals surface area contributed by atoms with E-state index in [0.29, 0.717) is 13.2 Å². The van der Waals surface area contributed by atoms with Crippen LogP contribution in [-0.4, -0.2) is 11.2 Å². The van der Waals surface area contributed by atoms with Crippen LogP contribution in [-0.2, 0) is 26.1 Å². The minimum absolute atomic E-state index is 0.185. The molecule has 0 amide bonds. The monoisotopic (exact) mass is 430 g/mol. The Labute approximate surface area is 190 Å². The normalized spacial score (nSPS) is 17.1. The maximum Gasteiger partial charge on any atom is 0.165 e. The van der Waals surface area contributed by atoms with Gasteiger partial charge in [-0.15, -0.1) is 0 Å². The van der Waals surface area contributed by atoms with Crippen LogP contribution in [0.5, 0.6) is 23.0 Å². The van der Waals surface area contributed by atoms with E-state index in [0.717, 1.165) is 47.0 Å². The molecule has 0 aliphatic carbocycles. The van der Waals surface area contributed by atoms with Crippen LogP contribution in [0.25, 0.3) is 0 Å². The Balaban J connectivity index is 1.25. The van der Waals surface area contributed by atoms with Crippen molar-refractivity contribution in [3.63, 3.8) is 0 Å². The molecule has 0 radical (unpaired) electrons. The molecule has 3 aromatic rings. The van der Waals surface area contributed by atoms with Gasteiger partial charge in [0.2, 0.25) is 0 Å². The Morgan fingerprint density at radius 3 is 1.56 bits per heavy atom. The second-order valence-electron chi connectivity index (χ2n) is 9.96. The minimum atomic E-state index is -0.185. The molecule has 0 fully saturated rings. The molecule has 2 aliphatic heterocycles. The Morgan fingerprint density at radius 1 is 0.656 bits per heavy atom. The highest BCUT2D eigenvalue weighted by atomic mass is 16.5.